The van der Waals surface area contributed by atoms with Gasteiger partial charge >= 0.3 is 0 Å². The summed E-state index contributed by atoms with van der Waals surface area (Å²) in [5.74, 6) is 2.04. The number of rotatable bonds is 13. The predicted molar refractivity (Wildman–Crippen MR) is 163 cm³/mol. The van der Waals surface area contributed by atoms with Gasteiger partial charge in [-0.05, 0) is 97.0 Å². The molecule has 0 saturated heterocycles. The van der Waals surface area contributed by atoms with Crippen LogP contribution in [0.4, 0.5) is 15.8 Å². The lowest BCUT2D eigenvalue weighted by Gasteiger charge is -2.31. The van der Waals surface area contributed by atoms with E-state index in [0.717, 1.165) is 59.1 Å². The van der Waals surface area contributed by atoms with Gasteiger partial charge in [-0.1, -0.05) is 17.9 Å². The number of nitrogens with zero attached hydrogens (tertiary/aromatic N) is 2. The Kier molecular flexibility index (Phi) is 10.0. The SMILES string of the molecule is CCN(c1ccc(OC)c(CCN(CC2=C=C=C(OC)C=C2)c2ccc(OC)cc2)c1)C(S)c1ccc(F)cc1. The van der Waals surface area contributed by atoms with E-state index >= 15 is 0 Å². The minimum atomic E-state index is -0.259. The average Bonchev–Trinajstić information content (AvgIpc) is 3.00. The molecule has 0 heterocycles. The van der Waals surface area contributed by atoms with E-state index in [2.05, 4.69) is 46.4 Å². The molecule has 0 spiro atoms. The molecule has 0 aliphatic heterocycles. The molecule has 0 bridgehead atoms. The second-order valence-corrected chi connectivity index (χ2v) is 9.74. The number of benzene rings is 3. The molecule has 3 aromatic rings. The summed E-state index contributed by atoms with van der Waals surface area (Å²) in [5, 5.41) is -0.218. The highest BCUT2D eigenvalue weighted by atomic mass is 32.1. The van der Waals surface area contributed by atoms with Crippen LogP contribution in [-0.2, 0) is 11.2 Å². The van der Waals surface area contributed by atoms with Gasteiger partial charge in [-0.3, -0.25) is 0 Å². The zero-order valence-electron chi connectivity index (χ0n) is 23.4. The molecule has 0 saturated carbocycles. The molecule has 1 unspecified atom stereocenters. The standard InChI is InChI=1S/C33H35FN2O3S/c1-5-36(33(40)25-8-10-27(34)11-9-25)29-14-19-32(39-4)26(22-29)20-21-35(28-12-17-31(38-3)18-13-28)23-24-6-15-30(37-2)16-7-24/h6,8-15,17-19,22,33,40H,5,20-21,23H2,1-4H3. The van der Waals surface area contributed by atoms with Crippen LogP contribution in [0.3, 0.4) is 0 Å². The molecule has 1 atom stereocenters. The molecular formula is C33H35FN2O3S. The average molecular weight is 559 g/mol. The number of anilines is 2. The third-order valence-corrected chi connectivity index (χ3v) is 7.43. The summed E-state index contributed by atoms with van der Waals surface area (Å²) in [7, 11) is 4.98. The smallest absolute Gasteiger partial charge is 0.169 e. The van der Waals surface area contributed by atoms with Gasteiger partial charge in [-0.2, -0.15) is 0 Å². The highest BCUT2D eigenvalue weighted by molar-refractivity contribution is 7.80. The monoisotopic (exact) mass is 558 g/mol. The number of ether oxygens (including phenoxy) is 3. The Morgan fingerprint density at radius 1 is 0.850 bits per heavy atom. The van der Waals surface area contributed by atoms with Crippen LogP contribution in [0.2, 0.25) is 0 Å². The summed E-state index contributed by atoms with van der Waals surface area (Å²) in [4.78, 5) is 4.48. The minimum Gasteiger partial charge on any atom is -0.497 e. The van der Waals surface area contributed by atoms with Crippen molar-refractivity contribution < 1.29 is 18.6 Å². The van der Waals surface area contributed by atoms with Crippen LogP contribution in [0.15, 0.2) is 102 Å². The summed E-state index contributed by atoms with van der Waals surface area (Å²) in [5.41, 5.74) is 11.4. The molecule has 208 valence electrons. The maximum Gasteiger partial charge on any atom is 0.169 e. The van der Waals surface area contributed by atoms with E-state index in [9.17, 15) is 4.39 Å². The number of hydrogen-bond donors (Lipinski definition) is 1. The number of hydrogen-bond acceptors (Lipinski definition) is 6. The molecule has 0 fully saturated rings. The first-order chi connectivity index (χ1) is 19.4. The molecule has 1 aliphatic carbocycles. The van der Waals surface area contributed by atoms with Gasteiger partial charge in [-0.15, -0.1) is 12.6 Å². The van der Waals surface area contributed by atoms with E-state index in [0.29, 0.717) is 12.3 Å². The highest BCUT2D eigenvalue weighted by Gasteiger charge is 2.18. The van der Waals surface area contributed by atoms with Gasteiger partial charge in [0.15, 0.2) is 5.76 Å². The van der Waals surface area contributed by atoms with E-state index in [-0.39, 0.29) is 11.2 Å². The zero-order valence-corrected chi connectivity index (χ0v) is 24.3. The van der Waals surface area contributed by atoms with Crippen LogP contribution in [0.25, 0.3) is 0 Å². The van der Waals surface area contributed by atoms with Crippen molar-refractivity contribution in [2.45, 2.75) is 18.7 Å². The number of halogens is 1. The van der Waals surface area contributed by atoms with Crippen molar-refractivity contribution >= 4 is 24.0 Å². The number of thiol groups is 1. The maximum atomic E-state index is 13.5. The van der Waals surface area contributed by atoms with Crippen molar-refractivity contribution in [2.75, 3.05) is 50.8 Å². The molecule has 40 heavy (non-hydrogen) atoms. The van der Waals surface area contributed by atoms with Crippen molar-refractivity contribution in [3.05, 3.63) is 119 Å². The summed E-state index contributed by atoms with van der Waals surface area (Å²) >= 11 is 4.88. The fraction of sp³-hybridized carbons (Fsp3) is 0.273. The lowest BCUT2D eigenvalue weighted by Crippen LogP contribution is -2.28. The fourth-order valence-electron chi connectivity index (χ4n) is 4.62. The van der Waals surface area contributed by atoms with Crippen LogP contribution < -0.4 is 19.3 Å². The van der Waals surface area contributed by atoms with Gasteiger partial charge in [0.1, 0.15) is 17.3 Å². The lowest BCUT2D eigenvalue weighted by atomic mass is 10.1. The third kappa shape index (κ3) is 7.13. The van der Waals surface area contributed by atoms with Crippen LogP contribution in [-0.4, -0.2) is 41.0 Å². The first kappa shape index (κ1) is 29.0. The van der Waals surface area contributed by atoms with Crippen molar-refractivity contribution in [1.82, 2.24) is 0 Å². The number of methoxy groups -OCH3 is 3. The second-order valence-electron chi connectivity index (χ2n) is 9.25. The molecule has 7 heteroatoms. The Balaban J connectivity index is 1.60. The van der Waals surface area contributed by atoms with Gasteiger partial charge in [0.2, 0.25) is 0 Å². The summed E-state index contributed by atoms with van der Waals surface area (Å²) in [6, 6.07) is 20.8. The molecule has 0 radical (unpaired) electrons. The van der Waals surface area contributed by atoms with Gasteiger partial charge in [0, 0.05) is 30.0 Å². The Morgan fingerprint density at radius 2 is 1.57 bits per heavy atom. The molecular weight excluding hydrogens is 523 g/mol. The summed E-state index contributed by atoms with van der Waals surface area (Å²) in [6.07, 6.45) is 4.65. The van der Waals surface area contributed by atoms with Crippen molar-refractivity contribution in [2.24, 2.45) is 0 Å². The zero-order chi connectivity index (χ0) is 28.5. The molecule has 0 amide bonds. The highest BCUT2D eigenvalue weighted by Crippen LogP contribution is 2.33. The second kappa shape index (κ2) is 13.9. The normalized spacial score (nSPS) is 12.8. The quantitative estimate of drug-likeness (QED) is 0.137. The minimum absolute atomic E-state index is 0.218. The molecule has 1 aliphatic rings. The Hall–Kier alpha value is -4.02. The Bertz CT molecular complexity index is 1420. The van der Waals surface area contributed by atoms with Crippen molar-refractivity contribution in [1.29, 1.82) is 0 Å². The van der Waals surface area contributed by atoms with Gasteiger partial charge < -0.3 is 24.0 Å². The van der Waals surface area contributed by atoms with Crippen molar-refractivity contribution in [3.63, 3.8) is 0 Å². The van der Waals surface area contributed by atoms with Gasteiger partial charge in [0.05, 0.1) is 33.2 Å². The van der Waals surface area contributed by atoms with Crippen molar-refractivity contribution in [3.8, 4) is 11.5 Å². The van der Waals surface area contributed by atoms with Crippen LogP contribution in [0, 0.1) is 5.82 Å². The third-order valence-electron chi connectivity index (χ3n) is 6.85. The maximum absolute atomic E-state index is 13.5. The molecule has 0 aromatic heterocycles. The Morgan fingerprint density at radius 3 is 2.17 bits per heavy atom. The van der Waals surface area contributed by atoms with Crippen LogP contribution in [0.5, 0.6) is 11.5 Å². The topological polar surface area (TPSA) is 34.2 Å². The summed E-state index contributed by atoms with van der Waals surface area (Å²) < 4.78 is 29.9. The lowest BCUT2D eigenvalue weighted by molar-refractivity contribution is 0.307. The largest absolute Gasteiger partial charge is 0.497 e. The molecule has 5 nitrogen and oxygen atoms in total. The van der Waals surface area contributed by atoms with E-state index in [1.54, 1.807) is 33.5 Å². The van der Waals surface area contributed by atoms with Crippen LogP contribution >= 0.6 is 12.6 Å². The first-order valence-electron chi connectivity index (χ1n) is 13.2. The molecule has 0 N–H and O–H groups in total. The summed E-state index contributed by atoms with van der Waals surface area (Å²) in [6.45, 7) is 4.21. The molecule has 4 rings (SSSR count). The fourth-order valence-corrected chi connectivity index (χ4v) is 5.09. The molecule has 3 aromatic carbocycles. The van der Waals surface area contributed by atoms with E-state index in [4.69, 9.17) is 26.8 Å². The van der Waals surface area contributed by atoms with Gasteiger partial charge in [-0.25, -0.2) is 4.39 Å². The van der Waals surface area contributed by atoms with Gasteiger partial charge in [0.25, 0.3) is 0 Å². The van der Waals surface area contributed by atoms with E-state index in [1.165, 1.54) is 12.1 Å². The van der Waals surface area contributed by atoms with Crippen LogP contribution in [0.1, 0.15) is 23.4 Å². The predicted octanol–water partition coefficient (Wildman–Crippen LogP) is 7.13. The first-order valence-corrected chi connectivity index (χ1v) is 13.7. The van der Waals surface area contributed by atoms with E-state index in [1.807, 2.05) is 36.4 Å². The number of allylic oxidation sites excluding steroid dienone is 1. The van der Waals surface area contributed by atoms with E-state index < -0.39 is 0 Å². The Labute approximate surface area is 241 Å².